The molecule has 2 fully saturated rings. The van der Waals surface area contributed by atoms with Crippen LogP contribution in [-0.2, 0) is 29.5 Å². The number of carbonyl (C=O) groups excluding carboxylic acids is 1. The van der Waals surface area contributed by atoms with Gasteiger partial charge in [-0.1, -0.05) is 0 Å². The van der Waals surface area contributed by atoms with Gasteiger partial charge in [0.05, 0.1) is 31.2 Å². The zero-order chi connectivity index (χ0) is 18.7. The Balaban J connectivity index is 1.28. The predicted octanol–water partition coefficient (Wildman–Crippen LogP) is 1.84. The number of piperidine rings is 1. The fourth-order valence-corrected chi connectivity index (χ4v) is 4.11. The lowest BCUT2D eigenvalue weighted by atomic mass is 9.89. The van der Waals surface area contributed by atoms with Crippen molar-refractivity contribution in [2.45, 2.75) is 37.8 Å². The van der Waals surface area contributed by atoms with E-state index in [1.807, 2.05) is 36.5 Å². The number of hydrogen-bond donors (Lipinski definition) is 0. The first-order valence-corrected chi connectivity index (χ1v) is 9.76. The summed E-state index contributed by atoms with van der Waals surface area (Å²) in [6.07, 6.45) is 8.73. The summed E-state index contributed by atoms with van der Waals surface area (Å²) in [6.45, 7) is 4.84. The molecule has 0 unspecified atom stereocenters. The van der Waals surface area contributed by atoms with Gasteiger partial charge in [0.15, 0.2) is 0 Å². The number of aryl methyl sites for hydroxylation is 2. The molecule has 0 aliphatic carbocycles. The summed E-state index contributed by atoms with van der Waals surface area (Å²) in [5.74, 6) is 1.22. The van der Waals surface area contributed by atoms with Gasteiger partial charge in [-0.15, -0.1) is 0 Å². The van der Waals surface area contributed by atoms with Gasteiger partial charge in [-0.25, -0.2) is 0 Å². The van der Waals surface area contributed by atoms with Crippen LogP contribution in [0.4, 0.5) is 0 Å². The Labute approximate surface area is 159 Å². The Morgan fingerprint density at radius 1 is 1.30 bits per heavy atom. The van der Waals surface area contributed by atoms with Crippen molar-refractivity contribution < 1.29 is 13.9 Å². The largest absolute Gasteiger partial charge is 0.468 e. The number of carbonyl (C=O) groups is 1. The maximum atomic E-state index is 12.7. The molecule has 0 bridgehead atoms. The molecule has 7 nitrogen and oxygen atoms in total. The Hall–Kier alpha value is -2.12. The van der Waals surface area contributed by atoms with Crippen LogP contribution < -0.4 is 0 Å². The van der Waals surface area contributed by atoms with E-state index in [4.69, 9.17) is 9.15 Å². The summed E-state index contributed by atoms with van der Waals surface area (Å²) in [5.41, 5.74) is 0.932. The number of likely N-dealkylation sites (tertiary alicyclic amines) is 1. The Bertz CT molecular complexity index is 747. The van der Waals surface area contributed by atoms with Crippen LogP contribution in [0.25, 0.3) is 0 Å². The van der Waals surface area contributed by atoms with E-state index in [2.05, 4.69) is 10.00 Å². The highest BCUT2D eigenvalue weighted by molar-refractivity contribution is 5.76. The third-order valence-electron chi connectivity index (χ3n) is 5.71. The first-order chi connectivity index (χ1) is 13.1. The lowest BCUT2D eigenvalue weighted by molar-refractivity contribution is -0.159. The smallest absolute Gasteiger partial charge is 0.223 e. The van der Waals surface area contributed by atoms with Crippen LogP contribution in [0.1, 0.15) is 30.6 Å². The highest BCUT2D eigenvalue weighted by atomic mass is 16.5. The highest BCUT2D eigenvalue weighted by Gasteiger charge is 2.40. The third kappa shape index (κ3) is 4.42. The standard InChI is InChI=1S/C20H28N4O3/c1-22-14-17(13-21-22)4-5-19(25)24-10-12-27-20(16-24)6-8-23(9-7-20)15-18-3-2-11-26-18/h2-3,11,13-14H,4-10,12,15-16H2,1H3. The second-order valence-electron chi connectivity index (χ2n) is 7.72. The summed E-state index contributed by atoms with van der Waals surface area (Å²) in [6, 6.07) is 3.95. The number of nitrogens with zero attached hydrogens (tertiary/aromatic N) is 4. The van der Waals surface area contributed by atoms with Gasteiger partial charge in [0.25, 0.3) is 0 Å². The Kier molecular flexibility index (Phi) is 5.31. The van der Waals surface area contributed by atoms with E-state index in [0.29, 0.717) is 26.1 Å². The van der Waals surface area contributed by atoms with E-state index in [-0.39, 0.29) is 11.5 Å². The van der Waals surface area contributed by atoms with Gasteiger partial charge in [-0.05, 0) is 37.0 Å². The molecule has 27 heavy (non-hydrogen) atoms. The van der Waals surface area contributed by atoms with Crippen molar-refractivity contribution in [3.63, 3.8) is 0 Å². The molecular formula is C20H28N4O3. The monoisotopic (exact) mass is 372 g/mol. The van der Waals surface area contributed by atoms with Gasteiger partial charge in [-0.2, -0.15) is 5.10 Å². The number of morpholine rings is 1. The molecule has 2 aliphatic rings. The summed E-state index contributed by atoms with van der Waals surface area (Å²) in [7, 11) is 1.90. The van der Waals surface area contributed by atoms with E-state index >= 15 is 0 Å². The molecule has 1 spiro atoms. The average molecular weight is 372 g/mol. The van der Waals surface area contributed by atoms with Gasteiger partial charge >= 0.3 is 0 Å². The van der Waals surface area contributed by atoms with Crippen molar-refractivity contribution in [3.8, 4) is 0 Å². The maximum Gasteiger partial charge on any atom is 0.223 e. The number of hydrogen-bond acceptors (Lipinski definition) is 5. The van der Waals surface area contributed by atoms with Crippen molar-refractivity contribution in [1.29, 1.82) is 0 Å². The highest BCUT2D eigenvalue weighted by Crippen LogP contribution is 2.31. The lowest BCUT2D eigenvalue weighted by Gasteiger charge is -2.47. The normalized spacial score (nSPS) is 20.3. The topological polar surface area (TPSA) is 63.7 Å². The molecule has 7 heteroatoms. The van der Waals surface area contributed by atoms with Crippen molar-refractivity contribution in [1.82, 2.24) is 19.6 Å². The molecule has 1 amide bonds. The molecule has 4 heterocycles. The first kappa shape index (κ1) is 18.3. The molecule has 0 radical (unpaired) electrons. The van der Waals surface area contributed by atoms with E-state index in [0.717, 1.165) is 50.2 Å². The minimum atomic E-state index is -0.179. The minimum Gasteiger partial charge on any atom is -0.468 e. The fourth-order valence-electron chi connectivity index (χ4n) is 4.11. The summed E-state index contributed by atoms with van der Waals surface area (Å²) >= 11 is 0. The van der Waals surface area contributed by atoms with E-state index in [1.165, 1.54) is 0 Å². The average Bonchev–Trinajstić information content (AvgIpc) is 3.34. The molecule has 0 saturated carbocycles. The summed E-state index contributed by atoms with van der Waals surface area (Å²) in [4.78, 5) is 17.1. The molecule has 2 saturated heterocycles. The van der Waals surface area contributed by atoms with Crippen LogP contribution in [0.15, 0.2) is 35.2 Å². The van der Waals surface area contributed by atoms with Crippen LogP contribution in [0, 0.1) is 0 Å². The molecule has 2 aromatic heterocycles. The molecule has 2 aromatic rings. The molecule has 0 N–H and O–H groups in total. The number of amides is 1. The SMILES string of the molecule is Cn1cc(CCC(=O)N2CCOC3(CCN(Cc4ccco4)CC3)C2)cn1. The predicted molar refractivity (Wildman–Crippen MR) is 100 cm³/mol. The Morgan fingerprint density at radius 3 is 2.85 bits per heavy atom. The van der Waals surface area contributed by atoms with Crippen molar-refractivity contribution in [2.24, 2.45) is 7.05 Å². The quantitative estimate of drug-likeness (QED) is 0.801. The van der Waals surface area contributed by atoms with Gasteiger partial charge in [0, 0.05) is 45.8 Å². The fraction of sp³-hybridized carbons (Fsp3) is 0.600. The number of furan rings is 1. The van der Waals surface area contributed by atoms with E-state index < -0.39 is 0 Å². The number of aromatic nitrogens is 2. The van der Waals surface area contributed by atoms with Crippen LogP contribution >= 0.6 is 0 Å². The molecule has 0 atom stereocenters. The van der Waals surface area contributed by atoms with Crippen molar-refractivity contribution in [3.05, 3.63) is 42.1 Å². The van der Waals surface area contributed by atoms with Crippen LogP contribution in [0.2, 0.25) is 0 Å². The van der Waals surface area contributed by atoms with Gasteiger partial charge < -0.3 is 14.1 Å². The molecule has 0 aromatic carbocycles. The summed E-state index contributed by atoms with van der Waals surface area (Å²) < 4.78 is 13.4. The maximum absolute atomic E-state index is 12.7. The van der Waals surface area contributed by atoms with Crippen molar-refractivity contribution in [2.75, 3.05) is 32.8 Å². The molecular weight excluding hydrogens is 344 g/mol. The second-order valence-corrected chi connectivity index (χ2v) is 7.72. The van der Waals surface area contributed by atoms with Crippen LogP contribution in [0.3, 0.4) is 0 Å². The first-order valence-electron chi connectivity index (χ1n) is 9.76. The number of ether oxygens (including phenoxy) is 1. The summed E-state index contributed by atoms with van der Waals surface area (Å²) in [5, 5.41) is 4.17. The van der Waals surface area contributed by atoms with Crippen molar-refractivity contribution >= 4 is 5.91 Å². The zero-order valence-electron chi connectivity index (χ0n) is 16.0. The molecule has 2 aliphatic heterocycles. The minimum absolute atomic E-state index is 0.179. The Morgan fingerprint density at radius 2 is 2.15 bits per heavy atom. The van der Waals surface area contributed by atoms with E-state index in [9.17, 15) is 4.79 Å². The van der Waals surface area contributed by atoms with Crippen LogP contribution in [0.5, 0.6) is 0 Å². The van der Waals surface area contributed by atoms with Gasteiger partial charge in [0.1, 0.15) is 5.76 Å². The van der Waals surface area contributed by atoms with Gasteiger partial charge in [-0.3, -0.25) is 14.4 Å². The van der Waals surface area contributed by atoms with Crippen LogP contribution in [-0.4, -0.2) is 63.9 Å². The molecule has 146 valence electrons. The van der Waals surface area contributed by atoms with Gasteiger partial charge in [0.2, 0.25) is 5.91 Å². The van der Waals surface area contributed by atoms with E-state index in [1.54, 1.807) is 10.9 Å². The number of rotatable bonds is 5. The third-order valence-corrected chi connectivity index (χ3v) is 5.71. The zero-order valence-corrected chi connectivity index (χ0v) is 16.0. The lowest BCUT2D eigenvalue weighted by Crippen LogP contribution is -2.57. The molecule has 4 rings (SSSR count). The second kappa shape index (κ2) is 7.86.